The predicted octanol–water partition coefficient (Wildman–Crippen LogP) is 4.78. The number of nitrogens with zero attached hydrogens (tertiary/aromatic N) is 2. The van der Waals surface area contributed by atoms with E-state index < -0.39 is 0 Å². The number of pyridine rings is 1. The van der Waals surface area contributed by atoms with Gasteiger partial charge in [-0.05, 0) is 61.6 Å². The highest BCUT2D eigenvalue weighted by molar-refractivity contribution is 5.90. The second-order valence-electron chi connectivity index (χ2n) is 7.19. The predicted molar refractivity (Wildman–Crippen MR) is 105 cm³/mol. The van der Waals surface area contributed by atoms with Crippen molar-refractivity contribution in [1.29, 1.82) is 0 Å². The molecule has 0 saturated carbocycles. The minimum absolute atomic E-state index is 0.978. The number of hydrogen-bond donors (Lipinski definition) is 1. The van der Waals surface area contributed by atoms with E-state index in [1.54, 1.807) is 0 Å². The molecule has 3 nitrogen and oxygen atoms in total. The van der Waals surface area contributed by atoms with E-state index in [2.05, 4.69) is 66.1 Å². The minimum atomic E-state index is 0.978. The van der Waals surface area contributed by atoms with Gasteiger partial charge in [0.2, 0.25) is 0 Å². The molecule has 1 aliphatic heterocycles. The van der Waals surface area contributed by atoms with Crippen molar-refractivity contribution in [2.45, 2.75) is 33.7 Å². The van der Waals surface area contributed by atoms with Gasteiger partial charge in [-0.25, -0.2) is 4.98 Å². The van der Waals surface area contributed by atoms with Gasteiger partial charge in [-0.3, -0.25) is 4.90 Å². The Balaban J connectivity index is 1.53. The minimum Gasteiger partial charge on any atom is -0.346 e. The smallest absolute Gasteiger partial charge is 0.137 e. The summed E-state index contributed by atoms with van der Waals surface area (Å²) in [4.78, 5) is 10.2. The van der Waals surface area contributed by atoms with Gasteiger partial charge < -0.3 is 4.98 Å². The van der Waals surface area contributed by atoms with E-state index >= 15 is 0 Å². The zero-order chi connectivity index (χ0) is 17.4. The first-order valence-corrected chi connectivity index (χ1v) is 9.02. The van der Waals surface area contributed by atoms with E-state index in [1.807, 2.05) is 12.3 Å². The Morgan fingerprint density at radius 2 is 1.96 bits per heavy atom. The number of nitrogens with one attached hydrogen (secondary N) is 1. The summed E-state index contributed by atoms with van der Waals surface area (Å²) < 4.78 is 0. The van der Waals surface area contributed by atoms with Crippen LogP contribution in [0.3, 0.4) is 0 Å². The number of benzene rings is 1. The average Bonchev–Trinajstić information content (AvgIpc) is 3.03. The fraction of sp³-hybridized carbons (Fsp3) is 0.318. The lowest BCUT2D eigenvalue weighted by Gasteiger charge is -2.27. The summed E-state index contributed by atoms with van der Waals surface area (Å²) >= 11 is 0. The number of aromatic amines is 1. The molecule has 0 bridgehead atoms. The van der Waals surface area contributed by atoms with Gasteiger partial charge >= 0.3 is 0 Å². The summed E-state index contributed by atoms with van der Waals surface area (Å²) in [6, 6.07) is 8.76. The lowest BCUT2D eigenvalue weighted by atomic mass is 9.97. The highest BCUT2D eigenvalue weighted by Crippen LogP contribution is 2.29. The average molecular weight is 331 g/mol. The van der Waals surface area contributed by atoms with Gasteiger partial charge in [0.15, 0.2) is 0 Å². The highest BCUT2D eigenvalue weighted by atomic mass is 15.1. The van der Waals surface area contributed by atoms with Crippen molar-refractivity contribution in [3.05, 3.63) is 70.6 Å². The third kappa shape index (κ3) is 3.12. The topological polar surface area (TPSA) is 31.9 Å². The molecule has 2 aromatic heterocycles. The Kier molecular flexibility index (Phi) is 4.18. The lowest BCUT2D eigenvalue weighted by Crippen LogP contribution is -2.28. The Hall–Kier alpha value is -2.39. The largest absolute Gasteiger partial charge is 0.346 e. The molecule has 0 spiro atoms. The molecule has 3 aromatic rings. The van der Waals surface area contributed by atoms with Crippen LogP contribution in [0.25, 0.3) is 16.6 Å². The van der Waals surface area contributed by atoms with Crippen LogP contribution in [-0.2, 0) is 6.54 Å². The van der Waals surface area contributed by atoms with E-state index in [1.165, 1.54) is 38.8 Å². The van der Waals surface area contributed by atoms with Crippen LogP contribution < -0.4 is 0 Å². The summed E-state index contributed by atoms with van der Waals surface area (Å²) in [6.07, 6.45) is 7.42. The quantitative estimate of drug-likeness (QED) is 0.749. The molecule has 1 N–H and O–H groups in total. The molecular weight excluding hydrogens is 306 g/mol. The molecule has 0 radical (unpaired) electrons. The summed E-state index contributed by atoms with van der Waals surface area (Å²) in [5, 5.41) is 1.23. The number of fused-ring (bicyclic) bond motifs is 1. The maximum Gasteiger partial charge on any atom is 0.137 e. The Morgan fingerprint density at radius 1 is 1.16 bits per heavy atom. The van der Waals surface area contributed by atoms with Crippen LogP contribution in [0.15, 0.2) is 42.7 Å². The first-order chi connectivity index (χ1) is 12.1. The summed E-state index contributed by atoms with van der Waals surface area (Å²) in [7, 11) is 0. The molecule has 1 aromatic carbocycles. The van der Waals surface area contributed by atoms with Crippen molar-refractivity contribution in [3.8, 4) is 0 Å². The van der Waals surface area contributed by atoms with Gasteiger partial charge in [-0.1, -0.05) is 23.8 Å². The van der Waals surface area contributed by atoms with E-state index in [0.717, 1.165) is 31.7 Å². The third-order valence-corrected chi connectivity index (χ3v) is 5.31. The number of hydrogen-bond acceptors (Lipinski definition) is 2. The van der Waals surface area contributed by atoms with Crippen LogP contribution >= 0.6 is 0 Å². The van der Waals surface area contributed by atoms with E-state index in [0.29, 0.717) is 0 Å². The molecule has 25 heavy (non-hydrogen) atoms. The zero-order valence-electron chi connectivity index (χ0n) is 15.3. The molecule has 0 aliphatic carbocycles. The van der Waals surface area contributed by atoms with Gasteiger partial charge in [-0.2, -0.15) is 0 Å². The van der Waals surface area contributed by atoms with Crippen molar-refractivity contribution in [3.63, 3.8) is 0 Å². The van der Waals surface area contributed by atoms with Crippen LogP contribution in [0, 0.1) is 20.8 Å². The number of aryl methyl sites for hydroxylation is 3. The summed E-state index contributed by atoms with van der Waals surface area (Å²) in [6.45, 7) is 9.80. The molecule has 1 aliphatic rings. The summed E-state index contributed by atoms with van der Waals surface area (Å²) in [5.41, 5.74) is 9.39. The number of aromatic nitrogens is 2. The van der Waals surface area contributed by atoms with Crippen molar-refractivity contribution in [1.82, 2.24) is 14.9 Å². The molecule has 128 valence electrons. The normalized spacial score (nSPS) is 15.6. The molecule has 0 atom stereocenters. The fourth-order valence-electron chi connectivity index (χ4n) is 4.00. The molecule has 0 amide bonds. The van der Waals surface area contributed by atoms with Crippen molar-refractivity contribution >= 4 is 16.6 Å². The molecule has 0 fully saturated rings. The molecule has 0 saturated heterocycles. The van der Waals surface area contributed by atoms with Gasteiger partial charge in [0.05, 0.1) is 0 Å². The third-order valence-electron chi connectivity index (χ3n) is 5.31. The van der Waals surface area contributed by atoms with Crippen LogP contribution in [0.1, 0.15) is 34.2 Å². The number of rotatable bonds is 3. The second kappa shape index (κ2) is 6.49. The van der Waals surface area contributed by atoms with Crippen LogP contribution in [0.2, 0.25) is 0 Å². The maximum absolute atomic E-state index is 4.40. The van der Waals surface area contributed by atoms with Gasteiger partial charge in [-0.15, -0.1) is 0 Å². The zero-order valence-corrected chi connectivity index (χ0v) is 15.3. The molecule has 4 rings (SSSR count). The van der Waals surface area contributed by atoms with Crippen molar-refractivity contribution in [2.24, 2.45) is 0 Å². The van der Waals surface area contributed by atoms with Crippen molar-refractivity contribution < 1.29 is 0 Å². The van der Waals surface area contributed by atoms with Gasteiger partial charge in [0, 0.05) is 43.0 Å². The van der Waals surface area contributed by atoms with Crippen LogP contribution in [-0.4, -0.2) is 28.0 Å². The first kappa shape index (κ1) is 16.1. The summed E-state index contributed by atoms with van der Waals surface area (Å²) in [5.74, 6) is 0. The maximum atomic E-state index is 4.40. The first-order valence-electron chi connectivity index (χ1n) is 9.02. The molecular formula is C22H25N3. The molecule has 3 heteroatoms. The van der Waals surface area contributed by atoms with E-state index in [4.69, 9.17) is 0 Å². The van der Waals surface area contributed by atoms with E-state index in [-0.39, 0.29) is 0 Å². The Bertz CT molecular complexity index is 926. The van der Waals surface area contributed by atoms with Crippen LogP contribution in [0.4, 0.5) is 0 Å². The monoisotopic (exact) mass is 331 g/mol. The van der Waals surface area contributed by atoms with Crippen molar-refractivity contribution in [2.75, 3.05) is 13.1 Å². The number of H-pyrrole nitrogens is 1. The molecule has 0 unspecified atom stereocenters. The molecule has 3 heterocycles. The van der Waals surface area contributed by atoms with Gasteiger partial charge in [0.1, 0.15) is 5.65 Å². The second-order valence-corrected chi connectivity index (χ2v) is 7.19. The van der Waals surface area contributed by atoms with E-state index in [9.17, 15) is 0 Å². The Labute approximate surface area is 149 Å². The standard InChI is InChI=1S/C22H25N3/c1-15-11-16(2)21(17(3)12-15)14-25-9-6-18(7-10-25)20-13-24-22-19(20)5-4-8-23-22/h4-6,8,11-13H,7,9-10,14H2,1-3H3,(H,23,24). The Morgan fingerprint density at radius 3 is 2.68 bits per heavy atom. The van der Waals surface area contributed by atoms with Crippen LogP contribution in [0.5, 0.6) is 0 Å². The van der Waals surface area contributed by atoms with Gasteiger partial charge in [0.25, 0.3) is 0 Å². The fourth-order valence-corrected chi connectivity index (χ4v) is 4.00. The SMILES string of the molecule is Cc1cc(C)c(CN2CC=C(c3c[nH]c4ncccc34)CC2)c(C)c1. The lowest BCUT2D eigenvalue weighted by molar-refractivity contribution is 0.293. The highest BCUT2D eigenvalue weighted by Gasteiger charge is 2.17.